The molecule has 8 heteroatoms. The zero-order valence-corrected chi connectivity index (χ0v) is 28.1. The van der Waals surface area contributed by atoms with Crippen molar-refractivity contribution in [3.63, 3.8) is 0 Å². The molecule has 3 aromatic rings. The fourth-order valence-electron chi connectivity index (χ4n) is 8.09. The SMILES string of the molecule is CCOc1ccc(C(=O)N2CCc3cc(OC)c(OC)cc3[C@@H]2C[C@@H]2C[C@H]3c4cc(OC)c(OC)cc4CCN3C[C@H]2CC)cc1. The highest BCUT2D eigenvalue weighted by atomic mass is 16.5. The Hall–Kier alpha value is -3.91. The van der Waals surface area contributed by atoms with E-state index in [2.05, 4.69) is 41.0 Å². The fourth-order valence-corrected chi connectivity index (χ4v) is 8.09. The third-order valence-electron chi connectivity index (χ3n) is 10.5. The van der Waals surface area contributed by atoms with Gasteiger partial charge in [0.1, 0.15) is 5.75 Å². The van der Waals surface area contributed by atoms with Gasteiger partial charge in [0.15, 0.2) is 23.0 Å². The van der Waals surface area contributed by atoms with E-state index in [1.807, 2.05) is 31.2 Å². The van der Waals surface area contributed by atoms with Crippen LogP contribution < -0.4 is 23.7 Å². The van der Waals surface area contributed by atoms with Crippen LogP contribution in [-0.2, 0) is 12.8 Å². The van der Waals surface area contributed by atoms with Crippen molar-refractivity contribution in [2.45, 2.75) is 58.0 Å². The minimum atomic E-state index is -0.0818. The van der Waals surface area contributed by atoms with Crippen LogP contribution in [0.15, 0.2) is 48.5 Å². The first-order chi connectivity index (χ1) is 22.4. The maximum absolute atomic E-state index is 14.3. The van der Waals surface area contributed by atoms with Gasteiger partial charge in [0, 0.05) is 31.2 Å². The number of benzene rings is 3. The van der Waals surface area contributed by atoms with Gasteiger partial charge < -0.3 is 28.6 Å². The maximum Gasteiger partial charge on any atom is 0.254 e. The van der Waals surface area contributed by atoms with Crippen LogP contribution in [0, 0.1) is 11.8 Å². The molecule has 246 valence electrons. The van der Waals surface area contributed by atoms with Gasteiger partial charge in [0.2, 0.25) is 0 Å². The molecular weight excluding hydrogens is 580 g/mol. The van der Waals surface area contributed by atoms with E-state index in [-0.39, 0.29) is 11.9 Å². The number of rotatable bonds is 10. The molecule has 0 saturated carbocycles. The van der Waals surface area contributed by atoms with Crippen molar-refractivity contribution in [3.8, 4) is 28.7 Å². The number of piperidine rings is 1. The van der Waals surface area contributed by atoms with Gasteiger partial charge in [-0.3, -0.25) is 9.69 Å². The van der Waals surface area contributed by atoms with Gasteiger partial charge in [0.05, 0.1) is 41.1 Å². The van der Waals surface area contributed by atoms with E-state index in [9.17, 15) is 4.79 Å². The van der Waals surface area contributed by atoms with Gasteiger partial charge in [-0.15, -0.1) is 0 Å². The molecule has 0 aliphatic carbocycles. The number of hydrogen-bond acceptors (Lipinski definition) is 7. The molecule has 0 aromatic heterocycles. The Kier molecular flexibility index (Phi) is 9.64. The fraction of sp³-hybridized carbons (Fsp3) is 0.500. The lowest BCUT2D eigenvalue weighted by molar-refractivity contribution is 0.0287. The lowest BCUT2D eigenvalue weighted by atomic mass is 9.72. The van der Waals surface area contributed by atoms with Gasteiger partial charge in [-0.25, -0.2) is 0 Å². The second-order valence-corrected chi connectivity index (χ2v) is 12.7. The molecule has 3 aliphatic heterocycles. The van der Waals surface area contributed by atoms with Crippen LogP contribution >= 0.6 is 0 Å². The second-order valence-electron chi connectivity index (χ2n) is 12.7. The molecular formula is C38H48N2O6. The first-order valence-electron chi connectivity index (χ1n) is 16.7. The van der Waals surface area contributed by atoms with Crippen molar-refractivity contribution in [1.82, 2.24) is 9.80 Å². The van der Waals surface area contributed by atoms with E-state index in [1.165, 1.54) is 16.7 Å². The number of carbonyl (C=O) groups excluding carboxylic acids is 1. The third kappa shape index (κ3) is 5.99. The number of amides is 1. The van der Waals surface area contributed by atoms with Gasteiger partial charge in [-0.05, 0) is 115 Å². The van der Waals surface area contributed by atoms with Crippen molar-refractivity contribution in [2.24, 2.45) is 11.8 Å². The largest absolute Gasteiger partial charge is 0.494 e. The van der Waals surface area contributed by atoms with Gasteiger partial charge in [0.25, 0.3) is 5.91 Å². The van der Waals surface area contributed by atoms with E-state index in [0.29, 0.717) is 42.3 Å². The molecule has 0 radical (unpaired) electrons. The van der Waals surface area contributed by atoms with Crippen molar-refractivity contribution >= 4 is 5.91 Å². The zero-order valence-electron chi connectivity index (χ0n) is 28.1. The molecule has 46 heavy (non-hydrogen) atoms. The Morgan fingerprint density at radius 3 is 1.96 bits per heavy atom. The summed E-state index contributed by atoms with van der Waals surface area (Å²) in [6.45, 7) is 7.62. The highest BCUT2D eigenvalue weighted by Crippen LogP contribution is 2.49. The number of ether oxygens (including phenoxy) is 5. The van der Waals surface area contributed by atoms with Crippen molar-refractivity contribution in [3.05, 3.63) is 76.3 Å². The normalized spacial score (nSPS) is 22.3. The molecule has 3 aromatic carbocycles. The Balaban J connectivity index is 1.36. The van der Waals surface area contributed by atoms with E-state index < -0.39 is 0 Å². The summed E-state index contributed by atoms with van der Waals surface area (Å²) in [6, 6.07) is 16.4. The minimum Gasteiger partial charge on any atom is -0.494 e. The smallest absolute Gasteiger partial charge is 0.254 e. The summed E-state index contributed by atoms with van der Waals surface area (Å²) in [5.74, 6) is 4.79. The molecule has 8 nitrogen and oxygen atoms in total. The molecule has 4 atom stereocenters. The van der Waals surface area contributed by atoms with Crippen LogP contribution in [0.2, 0.25) is 0 Å². The molecule has 0 spiro atoms. The standard InChI is InChI=1S/C38H48N2O6/c1-7-24-23-39-15-13-26-19-34(42-3)36(44-5)21-30(26)32(39)17-28(24)18-33-31-22-37(45-6)35(43-4)20-27(31)14-16-40(33)38(41)25-9-11-29(12-10-25)46-8-2/h9-12,19-22,24,28,32-33H,7-8,13-18,23H2,1-6H3/t24-,28+,32+,33+/m1/s1. The van der Waals surface area contributed by atoms with E-state index in [0.717, 1.165) is 73.8 Å². The lowest BCUT2D eigenvalue weighted by Gasteiger charge is -2.49. The predicted octanol–water partition coefficient (Wildman–Crippen LogP) is 6.89. The Labute approximate surface area is 273 Å². The topological polar surface area (TPSA) is 69.7 Å². The van der Waals surface area contributed by atoms with Crippen molar-refractivity contribution < 1.29 is 28.5 Å². The summed E-state index contributed by atoms with van der Waals surface area (Å²) < 4.78 is 28.5. The Bertz CT molecular complexity index is 1540. The molecule has 3 heterocycles. The highest BCUT2D eigenvalue weighted by molar-refractivity contribution is 5.95. The van der Waals surface area contributed by atoms with Gasteiger partial charge in [-0.2, -0.15) is 0 Å². The summed E-state index contributed by atoms with van der Waals surface area (Å²) in [7, 11) is 6.77. The lowest BCUT2D eigenvalue weighted by Crippen LogP contribution is -2.47. The summed E-state index contributed by atoms with van der Waals surface area (Å²) >= 11 is 0. The summed E-state index contributed by atoms with van der Waals surface area (Å²) in [5.41, 5.74) is 5.77. The van der Waals surface area contributed by atoms with Gasteiger partial charge >= 0.3 is 0 Å². The van der Waals surface area contributed by atoms with Crippen molar-refractivity contribution in [1.29, 1.82) is 0 Å². The molecule has 3 aliphatic rings. The van der Waals surface area contributed by atoms with Crippen LogP contribution in [-0.4, -0.2) is 70.4 Å². The molecule has 0 N–H and O–H groups in total. The second kappa shape index (κ2) is 13.8. The molecule has 0 bridgehead atoms. The predicted molar refractivity (Wildman–Crippen MR) is 179 cm³/mol. The van der Waals surface area contributed by atoms with Crippen LogP contribution in [0.3, 0.4) is 0 Å². The first kappa shape index (κ1) is 32.0. The Morgan fingerprint density at radius 2 is 1.35 bits per heavy atom. The first-order valence-corrected chi connectivity index (χ1v) is 16.7. The molecule has 0 unspecified atom stereocenters. The zero-order chi connectivity index (χ0) is 32.4. The summed E-state index contributed by atoms with van der Waals surface area (Å²) in [6.07, 6.45) is 4.80. The van der Waals surface area contributed by atoms with Crippen LogP contribution in [0.25, 0.3) is 0 Å². The number of carbonyl (C=O) groups is 1. The van der Waals surface area contributed by atoms with E-state index in [1.54, 1.807) is 28.4 Å². The summed E-state index contributed by atoms with van der Waals surface area (Å²) in [4.78, 5) is 19.1. The number of fused-ring (bicyclic) bond motifs is 4. The molecule has 1 amide bonds. The van der Waals surface area contributed by atoms with Crippen LogP contribution in [0.4, 0.5) is 0 Å². The Morgan fingerprint density at radius 1 is 0.761 bits per heavy atom. The third-order valence-corrected chi connectivity index (χ3v) is 10.5. The average molecular weight is 629 g/mol. The minimum absolute atomic E-state index is 0.0545. The molecule has 6 rings (SSSR count). The highest BCUT2D eigenvalue weighted by Gasteiger charge is 2.42. The number of hydrogen-bond donors (Lipinski definition) is 0. The van der Waals surface area contributed by atoms with Gasteiger partial charge in [-0.1, -0.05) is 13.3 Å². The number of methoxy groups -OCH3 is 4. The van der Waals surface area contributed by atoms with Crippen LogP contribution in [0.5, 0.6) is 28.7 Å². The quantitative estimate of drug-likeness (QED) is 0.242. The van der Waals surface area contributed by atoms with E-state index in [4.69, 9.17) is 23.7 Å². The molecule has 1 saturated heterocycles. The molecule has 1 fully saturated rings. The monoisotopic (exact) mass is 628 g/mol. The average Bonchev–Trinajstić information content (AvgIpc) is 3.10. The van der Waals surface area contributed by atoms with Crippen LogP contribution in [0.1, 0.15) is 77.8 Å². The number of nitrogens with zero attached hydrogens (tertiary/aromatic N) is 2. The maximum atomic E-state index is 14.3. The summed E-state index contributed by atoms with van der Waals surface area (Å²) in [5, 5.41) is 0. The van der Waals surface area contributed by atoms with E-state index >= 15 is 0 Å². The van der Waals surface area contributed by atoms with Crippen molar-refractivity contribution in [2.75, 3.05) is 54.7 Å².